The van der Waals surface area contributed by atoms with E-state index >= 15 is 0 Å². The highest BCUT2D eigenvalue weighted by atomic mass is 16.4. The summed E-state index contributed by atoms with van der Waals surface area (Å²) in [5, 5.41) is 13.3. The van der Waals surface area contributed by atoms with Gasteiger partial charge in [0, 0.05) is 6.54 Å². The third-order valence-electron chi connectivity index (χ3n) is 1.59. The number of hydrogen-bond donors (Lipinski definition) is 3. The van der Waals surface area contributed by atoms with Gasteiger partial charge in [-0.25, -0.2) is 4.79 Å². The molecule has 0 aliphatic heterocycles. The Morgan fingerprint density at radius 2 is 2.21 bits per heavy atom. The molecule has 0 aromatic rings. The fourth-order valence-corrected chi connectivity index (χ4v) is 0.758. The second kappa shape index (κ2) is 6.94. The van der Waals surface area contributed by atoms with Gasteiger partial charge >= 0.3 is 12.0 Å². The fourth-order valence-electron chi connectivity index (χ4n) is 0.758. The normalized spacial score (nSPS) is 11.5. The Bertz CT molecular complexity index is 216. The van der Waals surface area contributed by atoms with Crippen molar-refractivity contribution in [3.8, 4) is 0 Å². The van der Waals surface area contributed by atoms with Crippen molar-refractivity contribution in [3.63, 3.8) is 0 Å². The Morgan fingerprint density at radius 1 is 1.57 bits per heavy atom. The molecule has 5 nitrogen and oxygen atoms in total. The Morgan fingerprint density at radius 3 is 2.71 bits per heavy atom. The molecule has 0 aromatic heterocycles. The minimum absolute atomic E-state index is 0.455. The molecular formula is C9H16N2O3. The summed E-state index contributed by atoms with van der Waals surface area (Å²) in [5.41, 5.74) is 0. The van der Waals surface area contributed by atoms with Crippen LogP contribution in [0.15, 0.2) is 12.7 Å². The summed E-state index contributed by atoms with van der Waals surface area (Å²) >= 11 is 0. The van der Waals surface area contributed by atoms with Gasteiger partial charge < -0.3 is 15.7 Å². The lowest BCUT2D eigenvalue weighted by atomic mass is 10.3. The summed E-state index contributed by atoms with van der Waals surface area (Å²) < 4.78 is 0. The molecule has 0 rings (SSSR count). The summed E-state index contributed by atoms with van der Waals surface area (Å²) in [6.07, 6.45) is 3.40. The molecule has 0 aliphatic carbocycles. The number of nitrogens with one attached hydrogen (secondary N) is 2. The van der Waals surface area contributed by atoms with Crippen molar-refractivity contribution in [2.45, 2.75) is 25.8 Å². The van der Waals surface area contributed by atoms with E-state index in [-0.39, 0.29) is 0 Å². The largest absolute Gasteiger partial charge is 0.480 e. The molecule has 0 saturated heterocycles. The highest BCUT2D eigenvalue weighted by Crippen LogP contribution is 1.86. The number of unbranched alkanes of at least 4 members (excludes halogenated alkanes) is 1. The monoisotopic (exact) mass is 200 g/mol. The van der Waals surface area contributed by atoms with Crippen molar-refractivity contribution in [2.75, 3.05) is 6.54 Å². The van der Waals surface area contributed by atoms with Gasteiger partial charge in [0.15, 0.2) is 0 Å². The lowest BCUT2D eigenvalue weighted by molar-refractivity contribution is -0.138. The molecule has 5 heteroatoms. The van der Waals surface area contributed by atoms with E-state index < -0.39 is 18.0 Å². The minimum atomic E-state index is -1.05. The molecule has 0 aliphatic rings. The maximum Gasteiger partial charge on any atom is 0.325 e. The molecule has 0 fully saturated rings. The number of urea groups is 1. The summed E-state index contributed by atoms with van der Waals surface area (Å²) in [4.78, 5) is 21.4. The second-order valence-electron chi connectivity index (χ2n) is 2.89. The summed E-state index contributed by atoms with van der Waals surface area (Å²) in [7, 11) is 0. The van der Waals surface area contributed by atoms with Gasteiger partial charge in [0.2, 0.25) is 0 Å². The molecular weight excluding hydrogens is 184 g/mol. The number of carbonyl (C=O) groups is 2. The van der Waals surface area contributed by atoms with Crippen LogP contribution in [-0.4, -0.2) is 29.7 Å². The van der Waals surface area contributed by atoms with Crippen LogP contribution in [0.4, 0.5) is 4.79 Å². The molecule has 2 amide bonds. The van der Waals surface area contributed by atoms with Crippen LogP contribution in [0.2, 0.25) is 0 Å². The number of hydrogen-bond acceptors (Lipinski definition) is 2. The van der Waals surface area contributed by atoms with Crippen LogP contribution in [0.25, 0.3) is 0 Å². The van der Waals surface area contributed by atoms with E-state index in [0.29, 0.717) is 6.54 Å². The van der Waals surface area contributed by atoms with E-state index in [4.69, 9.17) is 5.11 Å². The Kier molecular flexibility index (Phi) is 6.19. The summed E-state index contributed by atoms with van der Waals surface area (Å²) in [6, 6.07) is -1.32. The maximum absolute atomic E-state index is 11.0. The van der Waals surface area contributed by atoms with Crippen LogP contribution in [0.5, 0.6) is 0 Å². The zero-order chi connectivity index (χ0) is 11.0. The van der Waals surface area contributed by atoms with Crippen molar-refractivity contribution in [2.24, 2.45) is 0 Å². The summed E-state index contributed by atoms with van der Waals surface area (Å²) in [6.45, 7) is 5.47. The Balaban J connectivity index is 3.55. The van der Waals surface area contributed by atoms with Gasteiger partial charge in [0.1, 0.15) is 6.04 Å². The zero-order valence-electron chi connectivity index (χ0n) is 8.25. The number of carboxylic acids is 1. The number of aliphatic carboxylic acids is 1. The van der Waals surface area contributed by atoms with Crippen LogP contribution in [0, 0.1) is 0 Å². The first-order chi connectivity index (χ1) is 6.57. The quantitative estimate of drug-likeness (QED) is 0.437. The molecule has 0 spiro atoms. The molecule has 14 heavy (non-hydrogen) atoms. The Labute approximate surface area is 83.2 Å². The molecule has 1 unspecified atom stereocenters. The molecule has 0 bridgehead atoms. The van der Waals surface area contributed by atoms with Gasteiger partial charge in [0.25, 0.3) is 0 Å². The molecule has 80 valence electrons. The van der Waals surface area contributed by atoms with Gasteiger partial charge in [-0.05, 0) is 19.8 Å². The zero-order valence-corrected chi connectivity index (χ0v) is 8.25. The molecule has 3 N–H and O–H groups in total. The number of amides is 2. The van der Waals surface area contributed by atoms with Gasteiger partial charge in [-0.3, -0.25) is 4.79 Å². The highest BCUT2D eigenvalue weighted by molar-refractivity contribution is 5.82. The van der Waals surface area contributed by atoms with E-state index in [9.17, 15) is 9.59 Å². The first-order valence-corrected chi connectivity index (χ1v) is 4.46. The molecule has 0 radical (unpaired) electrons. The lowest BCUT2D eigenvalue weighted by Gasteiger charge is -2.09. The topological polar surface area (TPSA) is 78.4 Å². The van der Waals surface area contributed by atoms with Gasteiger partial charge in [-0.15, -0.1) is 6.58 Å². The number of rotatable bonds is 6. The predicted octanol–water partition coefficient (Wildman–Crippen LogP) is 0.725. The smallest absolute Gasteiger partial charge is 0.325 e. The van der Waals surface area contributed by atoms with Crippen LogP contribution in [0.3, 0.4) is 0 Å². The first-order valence-electron chi connectivity index (χ1n) is 4.46. The SMILES string of the molecule is C=CCCCNC(=O)NC(C)C(=O)O. The van der Waals surface area contributed by atoms with Gasteiger partial charge in [-0.2, -0.15) is 0 Å². The van der Waals surface area contributed by atoms with Crippen LogP contribution >= 0.6 is 0 Å². The van der Waals surface area contributed by atoms with Gasteiger partial charge in [0.05, 0.1) is 0 Å². The van der Waals surface area contributed by atoms with E-state index in [0.717, 1.165) is 12.8 Å². The lowest BCUT2D eigenvalue weighted by Crippen LogP contribution is -2.44. The molecule has 0 aromatic carbocycles. The Hall–Kier alpha value is -1.52. The van der Waals surface area contributed by atoms with Crippen molar-refractivity contribution < 1.29 is 14.7 Å². The van der Waals surface area contributed by atoms with Gasteiger partial charge in [-0.1, -0.05) is 6.08 Å². The third kappa shape index (κ3) is 6.05. The standard InChI is InChI=1S/C9H16N2O3/c1-3-4-5-6-10-9(14)11-7(2)8(12)13/h3,7H,1,4-6H2,2H3,(H,12,13)(H2,10,11,14). The van der Waals surface area contributed by atoms with Crippen LogP contribution in [0.1, 0.15) is 19.8 Å². The molecule has 0 heterocycles. The van der Waals surface area contributed by atoms with Crippen molar-refractivity contribution >= 4 is 12.0 Å². The van der Waals surface area contributed by atoms with E-state index in [1.165, 1.54) is 6.92 Å². The highest BCUT2D eigenvalue weighted by Gasteiger charge is 2.12. The fraction of sp³-hybridized carbons (Fsp3) is 0.556. The maximum atomic E-state index is 11.0. The van der Waals surface area contributed by atoms with E-state index in [2.05, 4.69) is 17.2 Å². The molecule has 0 saturated carbocycles. The summed E-state index contributed by atoms with van der Waals surface area (Å²) in [5.74, 6) is -1.05. The van der Waals surface area contributed by atoms with Crippen LogP contribution in [-0.2, 0) is 4.79 Å². The van der Waals surface area contributed by atoms with Crippen molar-refractivity contribution in [1.29, 1.82) is 0 Å². The number of carbonyl (C=O) groups excluding carboxylic acids is 1. The molecule has 1 atom stereocenters. The van der Waals surface area contributed by atoms with E-state index in [1.54, 1.807) is 6.08 Å². The van der Waals surface area contributed by atoms with Crippen LogP contribution < -0.4 is 10.6 Å². The van der Waals surface area contributed by atoms with E-state index in [1.807, 2.05) is 0 Å². The third-order valence-corrected chi connectivity index (χ3v) is 1.59. The number of allylic oxidation sites excluding steroid dienone is 1. The second-order valence-corrected chi connectivity index (χ2v) is 2.89. The van der Waals surface area contributed by atoms with Crippen molar-refractivity contribution in [3.05, 3.63) is 12.7 Å². The first kappa shape index (κ1) is 12.5. The van der Waals surface area contributed by atoms with Crippen molar-refractivity contribution in [1.82, 2.24) is 10.6 Å². The minimum Gasteiger partial charge on any atom is -0.480 e. The number of carboxylic acid groups (broad SMARTS) is 1. The average molecular weight is 200 g/mol. The average Bonchev–Trinajstić information content (AvgIpc) is 2.12. The predicted molar refractivity (Wildman–Crippen MR) is 53.1 cm³/mol.